The smallest absolute Gasteiger partial charge is 0.0705 e. The predicted molar refractivity (Wildman–Crippen MR) is 80.9 cm³/mol. The Morgan fingerprint density at radius 1 is 1.28 bits per heavy atom. The lowest BCUT2D eigenvalue weighted by atomic mass is 10.1. The summed E-state index contributed by atoms with van der Waals surface area (Å²) in [5, 5.41) is 1.16. The molecule has 96 valence electrons. The molecule has 0 saturated heterocycles. The van der Waals surface area contributed by atoms with Crippen LogP contribution in [0.15, 0.2) is 36.5 Å². The van der Waals surface area contributed by atoms with Gasteiger partial charge in [-0.15, -0.1) is 0 Å². The van der Waals surface area contributed by atoms with E-state index in [4.69, 9.17) is 5.73 Å². The van der Waals surface area contributed by atoms with Gasteiger partial charge in [0.1, 0.15) is 0 Å². The Balaban J connectivity index is 2.15. The van der Waals surface area contributed by atoms with Crippen LogP contribution in [0.4, 0.5) is 0 Å². The minimum absolute atomic E-state index is 0.0700. The molecule has 1 unspecified atom stereocenters. The fourth-order valence-electron chi connectivity index (χ4n) is 1.75. The quantitative estimate of drug-likeness (QED) is 0.913. The van der Waals surface area contributed by atoms with E-state index in [9.17, 15) is 0 Å². The Morgan fingerprint density at radius 3 is 2.78 bits per heavy atom. The number of thioether (sulfide) groups is 1. The third kappa shape index (κ3) is 3.47. The summed E-state index contributed by atoms with van der Waals surface area (Å²) >= 11 is 1.90. The molecule has 1 aromatic heterocycles. The Labute approximate surface area is 113 Å². The van der Waals surface area contributed by atoms with E-state index < -0.39 is 0 Å². The van der Waals surface area contributed by atoms with E-state index in [2.05, 4.69) is 50.0 Å². The Morgan fingerprint density at radius 2 is 2.06 bits per heavy atom. The van der Waals surface area contributed by atoms with Crippen LogP contribution in [0.5, 0.6) is 0 Å². The molecule has 1 atom stereocenters. The lowest BCUT2D eigenvalue weighted by Crippen LogP contribution is -2.18. The highest BCUT2D eigenvalue weighted by Gasteiger charge is 2.14. The van der Waals surface area contributed by atoms with Crippen molar-refractivity contribution in [3.63, 3.8) is 0 Å². The molecule has 0 radical (unpaired) electrons. The van der Waals surface area contributed by atoms with E-state index in [1.807, 2.05) is 24.0 Å². The van der Waals surface area contributed by atoms with Gasteiger partial charge in [0.2, 0.25) is 0 Å². The van der Waals surface area contributed by atoms with E-state index in [0.717, 1.165) is 22.2 Å². The van der Waals surface area contributed by atoms with Crippen LogP contribution in [0.2, 0.25) is 0 Å². The molecule has 0 aliphatic rings. The van der Waals surface area contributed by atoms with Crippen molar-refractivity contribution in [2.45, 2.75) is 31.6 Å². The van der Waals surface area contributed by atoms with Gasteiger partial charge >= 0.3 is 0 Å². The van der Waals surface area contributed by atoms with Crippen LogP contribution < -0.4 is 5.73 Å². The zero-order valence-electron chi connectivity index (χ0n) is 11.2. The molecule has 2 aromatic rings. The molecule has 0 bridgehead atoms. The number of nitrogens with zero attached hydrogens (tertiary/aromatic N) is 1. The van der Waals surface area contributed by atoms with Crippen molar-refractivity contribution in [1.29, 1.82) is 0 Å². The summed E-state index contributed by atoms with van der Waals surface area (Å²) in [5.41, 5.74) is 8.43. The largest absolute Gasteiger partial charge is 0.323 e. The highest BCUT2D eigenvalue weighted by molar-refractivity contribution is 8.00. The fourth-order valence-corrected chi connectivity index (χ4v) is 2.62. The van der Waals surface area contributed by atoms with Crippen LogP contribution >= 0.6 is 11.8 Å². The molecule has 2 N–H and O–H groups in total. The highest BCUT2D eigenvalue weighted by atomic mass is 32.2. The standard InChI is InChI=1S/C15H20N2S/c1-15(2,3)18-10-13(16)12-7-6-11-5-4-8-17-14(11)9-12/h4-9,13H,10,16H2,1-3H3. The molecular formula is C15H20N2S. The lowest BCUT2D eigenvalue weighted by molar-refractivity contribution is 0.779. The van der Waals surface area contributed by atoms with Crippen molar-refractivity contribution in [2.75, 3.05) is 5.75 Å². The van der Waals surface area contributed by atoms with Crippen LogP contribution in [0.25, 0.3) is 10.9 Å². The summed E-state index contributed by atoms with van der Waals surface area (Å²) in [6.45, 7) is 6.64. The summed E-state index contributed by atoms with van der Waals surface area (Å²) in [6.07, 6.45) is 1.82. The van der Waals surface area contributed by atoms with Crippen LogP contribution in [0.3, 0.4) is 0 Å². The zero-order valence-corrected chi connectivity index (χ0v) is 12.0. The van der Waals surface area contributed by atoms with E-state index >= 15 is 0 Å². The molecule has 0 aliphatic carbocycles. The number of aromatic nitrogens is 1. The monoisotopic (exact) mass is 260 g/mol. The topological polar surface area (TPSA) is 38.9 Å². The first-order valence-corrected chi connectivity index (χ1v) is 7.18. The molecule has 18 heavy (non-hydrogen) atoms. The molecule has 0 amide bonds. The molecule has 3 heteroatoms. The molecular weight excluding hydrogens is 240 g/mol. The summed E-state index contributed by atoms with van der Waals surface area (Å²) in [5.74, 6) is 0.932. The van der Waals surface area contributed by atoms with Gasteiger partial charge in [-0.1, -0.05) is 39.0 Å². The van der Waals surface area contributed by atoms with E-state index in [-0.39, 0.29) is 10.8 Å². The number of hydrogen-bond donors (Lipinski definition) is 1. The molecule has 2 nitrogen and oxygen atoms in total. The highest BCUT2D eigenvalue weighted by Crippen LogP contribution is 2.28. The van der Waals surface area contributed by atoms with E-state index in [1.165, 1.54) is 0 Å². The average Bonchev–Trinajstić information content (AvgIpc) is 2.34. The molecule has 0 spiro atoms. The van der Waals surface area contributed by atoms with Crippen molar-refractivity contribution in [3.05, 3.63) is 42.1 Å². The zero-order chi connectivity index (χ0) is 13.2. The Hall–Kier alpha value is -1.06. The van der Waals surface area contributed by atoms with Gasteiger partial charge in [0.15, 0.2) is 0 Å². The average molecular weight is 260 g/mol. The number of fused-ring (bicyclic) bond motifs is 1. The number of hydrogen-bond acceptors (Lipinski definition) is 3. The summed E-state index contributed by atoms with van der Waals surface area (Å²) in [7, 11) is 0. The normalized spacial score (nSPS) is 13.8. The van der Waals surface area contributed by atoms with Gasteiger partial charge in [0, 0.05) is 28.1 Å². The summed E-state index contributed by atoms with van der Waals surface area (Å²) in [4.78, 5) is 4.37. The molecule has 1 heterocycles. The molecule has 0 fully saturated rings. The van der Waals surface area contributed by atoms with Gasteiger partial charge in [-0.2, -0.15) is 11.8 Å². The van der Waals surface area contributed by atoms with Crippen molar-refractivity contribution in [1.82, 2.24) is 4.98 Å². The van der Waals surface area contributed by atoms with Gasteiger partial charge in [-0.25, -0.2) is 0 Å². The second-order valence-electron chi connectivity index (χ2n) is 5.49. The van der Waals surface area contributed by atoms with Crippen LogP contribution in [0.1, 0.15) is 32.4 Å². The molecule has 1 aromatic carbocycles. The number of rotatable bonds is 3. The number of pyridine rings is 1. The van der Waals surface area contributed by atoms with Crippen molar-refractivity contribution in [3.8, 4) is 0 Å². The predicted octanol–water partition coefficient (Wildman–Crippen LogP) is 3.77. The Kier molecular flexibility index (Phi) is 3.93. The minimum atomic E-state index is 0.0700. The van der Waals surface area contributed by atoms with Crippen LogP contribution in [-0.2, 0) is 0 Å². The van der Waals surface area contributed by atoms with Gasteiger partial charge in [-0.3, -0.25) is 4.98 Å². The van der Waals surface area contributed by atoms with Crippen molar-refractivity contribution < 1.29 is 0 Å². The number of nitrogens with two attached hydrogens (primary N) is 1. The summed E-state index contributed by atoms with van der Waals surface area (Å²) in [6, 6.07) is 10.4. The van der Waals surface area contributed by atoms with Crippen molar-refractivity contribution >= 4 is 22.7 Å². The van der Waals surface area contributed by atoms with Gasteiger partial charge in [0.05, 0.1) is 5.52 Å². The van der Waals surface area contributed by atoms with E-state index in [0.29, 0.717) is 0 Å². The minimum Gasteiger partial charge on any atom is -0.323 e. The maximum absolute atomic E-state index is 6.24. The molecule has 0 saturated carbocycles. The first-order valence-electron chi connectivity index (χ1n) is 6.20. The van der Waals surface area contributed by atoms with Gasteiger partial charge in [0.25, 0.3) is 0 Å². The lowest BCUT2D eigenvalue weighted by Gasteiger charge is -2.21. The summed E-state index contributed by atoms with van der Waals surface area (Å²) < 4.78 is 0.257. The SMILES string of the molecule is CC(C)(C)SCC(N)c1ccc2cccnc2c1. The maximum Gasteiger partial charge on any atom is 0.0705 e. The molecule has 2 rings (SSSR count). The second-order valence-corrected chi connectivity index (χ2v) is 7.33. The fraction of sp³-hybridized carbons (Fsp3) is 0.400. The maximum atomic E-state index is 6.24. The van der Waals surface area contributed by atoms with Crippen LogP contribution in [0, 0.1) is 0 Å². The first kappa shape index (κ1) is 13.4. The van der Waals surface area contributed by atoms with Gasteiger partial charge in [-0.05, 0) is 17.7 Å². The first-order chi connectivity index (χ1) is 8.46. The van der Waals surface area contributed by atoms with Gasteiger partial charge < -0.3 is 5.73 Å². The number of benzene rings is 1. The second kappa shape index (κ2) is 5.29. The Bertz CT molecular complexity index is 531. The third-order valence-corrected chi connectivity index (χ3v) is 4.15. The van der Waals surface area contributed by atoms with Crippen molar-refractivity contribution in [2.24, 2.45) is 5.73 Å². The third-order valence-electron chi connectivity index (χ3n) is 2.75. The van der Waals surface area contributed by atoms with E-state index in [1.54, 1.807) is 0 Å². The molecule has 0 aliphatic heterocycles. The van der Waals surface area contributed by atoms with Crippen LogP contribution in [-0.4, -0.2) is 15.5 Å².